The van der Waals surface area contributed by atoms with Crippen molar-refractivity contribution in [1.82, 2.24) is 4.90 Å². The SMILES string of the molecule is Oc1ccc(CCN2CC3CC(O)(CCc4ccccc4)CC3C2)cc1. The Kier molecular flexibility index (Phi) is 5.01. The van der Waals surface area contributed by atoms with Crippen molar-refractivity contribution in [2.45, 2.75) is 37.7 Å². The highest BCUT2D eigenvalue weighted by Gasteiger charge is 2.47. The van der Waals surface area contributed by atoms with Gasteiger partial charge in [0, 0.05) is 19.6 Å². The van der Waals surface area contributed by atoms with E-state index in [9.17, 15) is 10.2 Å². The standard InChI is InChI=1S/C23H29NO2/c25-22-8-6-19(7-9-22)11-13-24-16-20-14-23(26,15-21(20)17-24)12-10-18-4-2-1-3-5-18/h1-9,20-21,25-26H,10-17H2. The summed E-state index contributed by atoms with van der Waals surface area (Å²) in [7, 11) is 0. The Bertz CT molecular complexity index is 699. The maximum absolute atomic E-state index is 11.0. The van der Waals surface area contributed by atoms with Crippen LogP contribution in [0.1, 0.15) is 30.4 Å². The molecule has 4 rings (SSSR count). The van der Waals surface area contributed by atoms with Crippen molar-refractivity contribution >= 4 is 0 Å². The Hall–Kier alpha value is -1.84. The molecule has 2 aromatic carbocycles. The summed E-state index contributed by atoms with van der Waals surface area (Å²) < 4.78 is 0. The van der Waals surface area contributed by atoms with Gasteiger partial charge in [-0.1, -0.05) is 42.5 Å². The van der Waals surface area contributed by atoms with Crippen LogP contribution in [0.4, 0.5) is 0 Å². The molecule has 3 nitrogen and oxygen atoms in total. The number of rotatable bonds is 6. The van der Waals surface area contributed by atoms with E-state index in [1.165, 1.54) is 11.1 Å². The first kappa shape index (κ1) is 17.6. The smallest absolute Gasteiger partial charge is 0.115 e. The molecule has 0 amide bonds. The molecule has 1 heterocycles. The molecule has 2 atom stereocenters. The van der Waals surface area contributed by atoms with Crippen LogP contribution in [0.5, 0.6) is 5.75 Å². The van der Waals surface area contributed by atoms with Crippen LogP contribution in [0.25, 0.3) is 0 Å². The first-order chi connectivity index (χ1) is 12.6. The Morgan fingerprint density at radius 1 is 0.846 bits per heavy atom. The van der Waals surface area contributed by atoms with Crippen molar-refractivity contribution in [3.05, 3.63) is 65.7 Å². The largest absolute Gasteiger partial charge is 0.508 e. The van der Waals surface area contributed by atoms with Gasteiger partial charge in [0.05, 0.1) is 5.60 Å². The third kappa shape index (κ3) is 4.11. The summed E-state index contributed by atoms with van der Waals surface area (Å²) in [6.07, 6.45) is 4.80. The van der Waals surface area contributed by atoms with E-state index in [1.54, 1.807) is 12.1 Å². The number of aromatic hydroxyl groups is 1. The van der Waals surface area contributed by atoms with Crippen molar-refractivity contribution < 1.29 is 10.2 Å². The Morgan fingerprint density at radius 3 is 2.12 bits per heavy atom. The average molecular weight is 351 g/mol. The van der Waals surface area contributed by atoms with Crippen molar-refractivity contribution in [2.24, 2.45) is 11.8 Å². The molecule has 1 saturated carbocycles. The molecule has 1 saturated heterocycles. The number of benzene rings is 2. The van der Waals surface area contributed by atoms with E-state index in [-0.39, 0.29) is 0 Å². The fraction of sp³-hybridized carbons (Fsp3) is 0.478. The summed E-state index contributed by atoms with van der Waals surface area (Å²) in [5.41, 5.74) is 2.14. The number of likely N-dealkylation sites (tertiary alicyclic amines) is 1. The number of nitrogens with zero attached hydrogens (tertiary/aromatic N) is 1. The lowest BCUT2D eigenvalue weighted by atomic mass is 9.91. The zero-order chi connectivity index (χ0) is 18.0. The summed E-state index contributed by atoms with van der Waals surface area (Å²) in [5, 5.41) is 20.4. The molecule has 2 aromatic rings. The van der Waals surface area contributed by atoms with Crippen molar-refractivity contribution in [2.75, 3.05) is 19.6 Å². The highest BCUT2D eigenvalue weighted by atomic mass is 16.3. The van der Waals surface area contributed by atoms with Crippen LogP contribution in [0, 0.1) is 11.8 Å². The molecule has 0 radical (unpaired) electrons. The quantitative estimate of drug-likeness (QED) is 0.835. The zero-order valence-electron chi connectivity index (χ0n) is 15.3. The van der Waals surface area contributed by atoms with Gasteiger partial charge in [-0.15, -0.1) is 0 Å². The van der Waals surface area contributed by atoms with Crippen LogP contribution in [0.2, 0.25) is 0 Å². The number of aryl methyl sites for hydroxylation is 1. The summed E-state index contributed by atoms with van der Waals surface area (Å²) in [4.78, 5) is 2.55. The molecule has 1 aliphatic carbocycles. The molecule has 2 unspecified atom stereocenters. The predicted octanol–water partition coefficient (Wildman–Crippen LogP) is 3.64. The Balaban J connectivity index is 1.25. The summed E-state index contributed by atoms with van der Waals surface area (Å²) in [6.45, 7) is 3.31. The summed E-state index contributed by atoms with van der Waals surface area (Å²) >= 11 is 0. The molecule has 2 N–H and O–H groups in total. The van der Waals surface area contributed by atoms with Gasteiger partial charge in [0.25, 0.3) is 0 Å². The number of hydrogen-bond donors (Lipinski definition) is 2. The first-order valence-electron chi connectivity index (χ1n) is 9.86. The van der Waals surface area contributed by atoms with Crippen molar-refractivity contribution in [3.63, 3.8) is 0 Å². The van der Waals surface area contributed by atoms with E-state index < -0.39 is 5.60 Å². The van der Waals surface area contributed by atoms with Gasteiger partial charge < -0.3 is 15.1 Å². The summed E-state index contributed by atoms with van der Waals surface area (Å²) in [5.74, 6) is 1.63. The number of phenols is 1. The molecule has 2 fully saturated rings. The molecule has 3 heteroatoms. The molecule has 138 valence electrons. The normalized spacial score (nSPS) is 28.3. The van der Waals surface area contributed by atoms with Gasteiger partial charge in [0.1, 0.15) is 5.75 Å². The molecule has 0 bridgehead atoms. The third-order valence-electron chi connectivity index (χ3n) is 6.31. The van der Waals surface area contributed by atoms with Gasteiger partial charge in [-0.3, -0.25) is 0 Å². The lowest BCUT2D eigenvalue weighted by molar-refractivity contribution is 0.0270. The molecule has 2 aliphatic rings. The monoisotopic (exact) mass is 351 g/mol. The number of fused-ring (bicyclic) bond motifs is 1. The highest BCUT2D eigenvalue weighted by molar-refractivity contribution is 5.26. The molecule has 1 aliphatic heterocycles. The van der Waals surface area contributed by atoms with Gasteiger partial charge in [0.15, 0.2) is 0 Å². The summed E-state index contributed by atoms with van der Waals surface area (Å²) in [6, 6.07) is 18.1. The third-order valence-corrected chi connectivity index (χ3v) is 6.31. The fourth-order valence-corrected chi connectivity index (χ4v) is 4.92. The van der Waals surface area contributed by atoms with Crippen LogP contribution in [-0.4, -0.2) is 40.3 Å². The topological polar surface area (TPSA) is 43.7 Å². The van der Waals surface area contributed by atoms with Gasteiger partial charge in [-0.25, -0.2) is 0 Å². The molecule has 0 spiro atoms. The van der Waals surface area contributed by atoms with Crippen LogP contribution in [0.3, 0.4) is 0 Å². The Labute approximate surface area is 156 Å². The van der Waals surface area contributed by atoms with Gasteiger partial charge in [-0.2, -0.15) is 0 Å². The van der Waals surface area contributed by atoms with Crippen LogP contribution in [-0.2, 0) is 12.8 Å². The van der Waals surface area contributed by atoms with Crippen LogP contribution >= 0.6 is 0 Å². The highest BCUT2D eigenvalue weighted by Crippen LogP contribution is 2.45. The second-order valence-electron chi connectivity index (χ2n) is 8.31. The van der Waals surface area contributed by atoms with Gasteiger partial charge >= 0.3 is 0 Å². The molecular weight excluding hydrogens is 322 g/mol. The van der Waals surface area contributed by atoms with Gasteiger partial charge in [0.2, 0.25) is 0 Å². The minimum Gasteiger partial charge on any atom is -0.508 e. The Morgan fingerprint density at radius 2 is 1.46 bits per heavy atom. The predicted molar refractivity (Wildman–Crippen MR) is 104 cm³/mol. The van der Waals surface area contributed by atoms with E-state index >= 15 is 0 Å². The first-order valence-corrected chi connectivity index (χ1v) is 9.86. The maximum atomic E-state index is 11.0. The molecular formula is C23H29NO2. The van der Waals surface area contributed by atoms with Crippen LogP contribution in [0.15, 0.2) is 54.6 Å². The van der Waals surface area contributed by atoms with E-state index in [1.807, 2.05) is 18.2 Å². The lowest BCUT2D eigenvalue weighted by Crippen LogP contribution is -2.31. The van der Waals surface area contributed by atoms with Crippen LogP contribution < -0.4 is 0 Å². The van der Waals surface area contributed by atoms with E-state index in [0.29, 0.717) is 17.6 Å². The van der Waals surface area contributed by atoms with E-state index in [2.05, 4.69) is 29.2 Å². The number of phenolic OH excluding ortho intramolecular Hbond substituents is 1. The molecule has 0 aromatic heterocycles. The lowest BCUT2D eigenvalue weighted by Gasteiger charge is -2.26. The maximum Gasteiger partial charge on any atom is 0.115 e. The van der Waals surface area contributed by atoms with Gasteiger partial charge in [-0.05, 0) is 67.2 Å². The minimum atomic E-state index is -0.464. The van der Waals surface area contributed by atoms with Crippen molar-refractivity contribution in [1.29, 1.82) is 0 Å². The minimum absolute atomic E-state index is 0.333. The second-order valence-corrected chi connectivity index (χ2v) is 8.31. The average Bonchev–Trinajstić information content (AvgIpc) is 3.15. The van der Waals surface area contributed by atoms with E-state index in [4.69, 9.17) is 0 Å². The second kappa shape index (κ2) is 7.42. The zero-order valence-corrected chi connectivity index (χ0v) is 15.3. The van der Waals surface area contributed by atoms with E-state index in [0.717, 1.165) is 51.7 Å². The fourth-order valence-electron chi connectivity index (χ4n) is 4.92. The molecule has 26 heavy (non-hydrogen) atoms. The number of aliphatic hydroxyl groups is 1. The number of hydrogen-bond acceptors (Lipinski definition) is 3. The van der Waals surface area contributed by atoms with Crippen molar-refractivity contribution in [3.8, 4) is 5.75 Å².